The van der Waals surface area contributed by atoms with Gasteiger partial charge in [-0.05, 0) is 6.92 Å². The first-order valence-electron chi connectivity index (χ1n) is 2.30. The summed E-state index contributed by atoms with van der Waals surface area (Å²) in [6.45, 7) is 1.97. The van der Waals surface area contributed by atoms with Gasteiger partial charge in [0.25, 0.3) is 0 Å². The van der Waals surface area contributed by atoms with Gasteiger partial charge in [-0.3, -0.25) is 0 Å². The third-order valence-electron chi connectivity index (χ3n) is 0.558. The van der Waals surface area contributed by atoms with E-state index in [0.29, 0.717) is 4.32 Å². The van der Waals surface area contributed by atoms with E-state index in [9.17, 15) is 0 Å². The number of allylic oxidation sites excluding steroid dienone is 1. The van der Waals surface area contributed by atoms with Crippen molar-refractivity contribution in [3.05, 3.63) is 12.2 Å². The molecule has 3 heteroatoms. The van der Waals surface area contributed by atoms with Crippen LogP contribution in [0.5, 0.6) is 0 Å². The highest BCUT2D eigenvalue weighted by atomic mass is 32.2. The number of hydrogen-bond acceptors (Lipinski definition) is 2. The molecule has 0 fully saturated rings. The first kappa shape index (κ1) is 7.98. The van der Waals surface area contributed by atoms with E-state index in [4.69, 9.17) is 5.73 Å². The summed E-state index contributed by atoms with van der Waals surface area (Å²) in [5.74, 6) is 0.895. The van der Waals surface area contributed by atoms with E-state index < -0.39 is 0 Å². The van der Waals surface area contributed by atoms with Gasteiger partial charge in [-0.15, -0.1) is 0 Å². The smallest absolute Gasteiger partial charge is 0.131 e. The van der Waals surface area contributed by atoms with Gasteiger partial charge in [-0.25, -0.2) is 0 Å². The highest BCUT2D eigenvalue weighted by Crippen LogP contribution is 1.98. The lowest BCUT2D eigenvalue weighted by Gasteiger charge is -1.88. The lowest BCUT2D eigenvalue weighted by atomic mass is 10.6. The van der Waals surface area contributed by atoms with Crippen molar-refractivity contribution in [3.63, 3.8) is 0 Å². The Balaban J connectivity index is 3.05. The molecule has 0 unspecified atom stereocenters. The number of nitrogens with two attached hydrogens (primary N) is 1. The van der Waals surface area contributed by atoms with Crippen molar-refractivity contribution in [3.8, 4) is 0 Å². The monoisotopic (exact) mass is 147 g/mol. The van der Waals surface area contributed by atoms with Gasteiger partial charge in [0, 0.05) is 5.75 Å². The van der Waals surface area contributed by atoms with Gasteiger partial charge in [-0.2, -0.15) is 0 Å². The standard InChI is InChI=1S/C5H9NS2/c1-2-3-4-8-5(6)7/h2-3H,4H2,1H3,(H2,6,7)/b3-2+. The summed E-state index contributed by atoms with van der Waals surface area (Å²) in [7, 11) is 0. The fraction of sp³-hybridized carbons (Fsp3) is 0.400. The van der Waals surface area contributed by atoms with Crippen LogP contribution in [0, 0.1) is 0 Å². The van der Waals surface area contributed by atoms with E-state index in [0.717, 1.165) is 5.75 Å². The fourth-order valence-corrected chi connectivity index (χ4v) is 0.884. The van der Waals surface area contributed by atoms with E-state index >= 15 is 0 Å². The summed E-state index contributed by atoms with van der Waals surface area (Å²) in [6, 6.07) is 0. The Morgan fingerprint density at radius 3 is 2.88 bits per heavy atom. The predicted octanol–water partition coefficient (Wildman–Crippen LogP) is 1.54. The molecule has 0 aliphatic rings. The minimum Gasteiger partial charge on any atom is -0.385 e. The summed E-state index contributed by atoms with van der Waals surface area (Å²) in [5.41, 5.74) is 5.19. The lowest BCUT2D eigenvalue weighted by Crippen LogP contribution is -2.01. The third-order valence-corrected chi connectivity index (χ3v) is 1.55. The molecule has 0 aliphatic heterocycles. The summed E-state index contributed by atoms with van der Waals surface area (Å²) >= 11 is 6.09. The van der Waals surface area contributed by atoms with E-state index in [2.05, 4.69) is 12.2 Å². The van der Waals surface area contributed by atoms with E-state index in [1.807, 2.05) is 19.1 Å². The SMILES string of the molecule is C/C=C/CSC(N)=S. The number of thiocarbonyl (C=S) groups is 1. The van der Waals surface area contributed by atoms with Gasteiger partial charge in [0.2, 0.25) is 0 Å². The topological polar surface area (TPSA) is 26.0 Å². The molecule has 2 N–H and O–H groups in total. The average Bonchev–Trinajstić information content (AvgIpc) is 1.66. The molecule has 0 amide bonds. The van der Waals surface area contributed by atoms with Crippen molar-refractivity contribution < 1.29 is 0 Å². The number of hydrogen-bond donors (Lipinski definition) is 1. The fourth-order valence-electron chi connectivity index (χ4n) is 0.226. The molecule has 0 rings (SSSR count). The van der Waals surface area contributed by atoms with Crippen LogP contribution in [0.1, 0.15) is 6.92 Å². The summed E-state index contributed by atoms with van der Waals surface area (Å²) in [5, 5.41) is 0. The van der Waals surface area contributed by atoms with Gasteiger partial charge >= 0.3 is 0 Å². The molecule has 8 heavy (non-hydrogen) atoms. The lowest BCUT2D eigenvalue weighted by molar-refractivity contribution is 1.66. The molecule has 0 spiro atoms. The summed E-state index contributed by atoms with van der Waals surface area (Å²) < 4.78 is 0.517. The van der Waals surface area contributed by atoms with Gasteiger partial charge in [-0.1, -0.05) is 36.1 Å². The first-order valence-corrected chi connectivity index (χ1v) is 3.70. The Kier molecular flexibility index (Phi) is 5.11. The van der Waals surface area contributed by atoms with Crippen LogP contribution in [0.15, 0.2) is 12.2 Å². The molecule has 0 bridgehead atoms. The molecule has 0 aromatic heterocycles. The van der Waals surface area contributed by atoms with Gasteiger partial charge in [0.1, 0.15) is 4.32 Å². The molecule has 1 nitrogen and oxygen atoms in total. The van der Waals surface area contributed by atoms with Crippen molar-refractivity contribution in [2.75, 3.05) is 5.75 Å². The van der Waals surface area contributed by atoms with Crippen molar-refractivity contribution in [2.24, 2.45) is 5.73 Å². The van der Waals surface area contributed by atoms with Gasteiger partial charge in [0.05, 0.1) is 0 Å². The Morgan fingerprint density at radius 2 is 2.50 bits per heavy atom. The summed E-state index contributed by atoms with van der Waals surface area (Å²) in [4.78, 5) is 0. The van der Waals surface area contributed by atoms with Crippen LogP contribution in [0.3, 0.4) is 0 Å². The Bertz CT molecular complexity index is 98.6. The Labute approximate surface area is 59.3 Å². The third kappa shape index (κ3) is 5.98. The zero-order valence-electron chi connectivity index (χ0n) is 4.76. The van der Waals surface area contributed by atoms with Crippen molar-refractivity contribution >= 4 is 28.3 Å². The molecule has 0 radical (unpaired) electrons. The van der Waals surface area contributed by atoms with E-state index in [1.54, 1.807) is 0 Å². The van der Waals surface area contributed by atoms with Crippen LogP contribution in [0.4, 0.5) is 0 Å². The van der Waals surface area contributed by atoms with Crippen LogP contribution in [0.25, 0.3) is 0 Å². The second-order valence-corrected chi connectivity index (χ2v) is 2.96. The number of thioether (sulfide) groups is 1. The van der Waals surface area contributed by atoms with Crippen LogP contribution < -0.4 is 5.73 Å². The molecular formula is C5H9NS2. The molecular weight excluding hydrogens is 138 g/mol. The van der Waals surface area contributed by atoms with Crippen molar-refractivity contribution in [1.29, 1.82) is 0 Å². The van der Waals surface area contributed by atoms with Gasteiger partial charge < -0.3 is 5.73 Å². The molecule has 0 aromatic rings. The van der Waals surface area contributed by atoms with E-state index in [1.165, 1.54) is 11.8 Å². The van der Waals surface area contributed by atoms with Crippen LogP contribution in [0.2, 0.25) is 0 Å². The normalized spacial score (nSPS) is 10.1. The average molecular weight is 147 g/mol. The molecule has 0 saturated carbocycles. The zero-order chi connectivity index (χ0) is 6.41. The molecule has 46 valence electrons. The molecule has 0 aromatic carbocycles. The minimum absolute atomic E-state index is 0.517. The maximum absolute atomic E-state index is 5.19. The first-order chi connectivity index (χ1) is 3.77. The van der Waals surface area contributed by atoms with Crippen molar-refractivity contribution in [2.45, 2.75) is 6.92 Å². The molecule has 0 aliphatic carbocycles. The Hall–Kier alpha value is -0.0200. The zero-order valence-corrected chi connectivity index (χ0v) is 6.39. The highest BCUT2D eigenvalue weighted by molar-refractivity contribution is 8.23. The van der Waals surface area contributed by atoms with Crippen LogP contribution in [-0.2, 0) is 0 Å². The maximum atomic E-state index is 5.19. The quantitative estimate of drug-likeness (QED) is 0.474. The van der Waals surface area contributed by atoms with Crippen molar-refractivity contribution in [1.82, 2.24) is 0 Å². The minimum atomic E-state index is 0.517. The largest absolute Gasteiger partial charge is 0.385 e. The van der Waals surface area contributed by atoms with Crippen LogP contribution >= 0.6 is 24.0 Å². The second-order valence-electron chi connectivity index (χ2n) is 1.20. The molecule has 0 saturated heterocycles. The molecule has 0 heterocycles. The predicted molar refractivity (Wildman–Crippen MR) is 44.1 cm³/mol. The van der Waals surface area contributed by atoms with Gasteiger partial charge in [0.15, 0.2) is 0 Å². The Morgan fingerprint density at radius 1 is 1.88 bits per heavy atom. The van der Waals surface area contributed by atoms with E-state index in [-0.39, 0.29) is 0 Å². The second kappa shape index (κ2) is 5.12. The highest BCUT2D eigenvalue weighted by Gasteiger charge is 1.82. The molecule has 0 atom stereocenters. The maximum Gasteiger partial charge on any atom is 0.131 e. The summed E-state index contributed by atoms with van der Waals surface area (Å²) in [6.07, 6.45) is 4.00. The number of rotatable bonds is 2. The van der Waals surface area contributed by atoms with Crippen LogP contribution in [-0.4, -0.2) is 10.1 Å².